The molecule has 1 atom stereocenters. The van der Waals surface area contributed by atoms with Gasteiger partial charge in [0.1, 0.15) is 0 Å². The number of H-pyrrole nitrogens is 1. The van der Waals surface area contributed by atoms with Crippen LogP contribution in [0.1, 0.15) is 30.0 Å². The fraction of sp³-hybridized carbons (Fsp3) is 0.286. The van der Waals surface area contributed by atoms with Gasteiger partial charge in [-0.1, -0.05) is 30.3 Å². The topological polar surface area (TPSA) is 39.3 Å². The summed E-state index contributed by atoms with van der Waals surface area (Å²) in [6.07, 6.45) is 3.64. The van der Waals surface area contributed by atoms with Gasteiger partial charge in [0.05, 0.1) is 6.04 Å². The second kappa shape index (κ2) is 6.28. The molecule has 4 heteroatoms. The Labute approximate surface area is 148 Å². The lowest BCUT2D eigenvalue weighted by atomic mass is 9.96. The Morgan fingerprint density at radius 3 is 2.52 bits per heavy atom. The molecular formula is C21H23N3O. The zero-order valence-electron chi connectivity index (χ0n) is 14.7. The van der Waals surface area contributed by atoms with Gasteiger partial charge in [-0.3, -0.25) is 4.79 Å². The zero-order chi connectivity index (χ0) is 17.4. The Morgan fingerprint density at radius 1 is 1.08 bits per heavy atom. The molecule has 0 spiro atoms. The second-order valence-electron chi connectivity index (χ2n) is 6.87. The molecule has 0 bridgehead atoms. The van der Waals surface area contributed by atoms with Crippen molar-refractivity contribution in [1.82, 2.24) is 9.88 Å². The molecule has 2 heterocycles. The molecule has 3 aromatic rings. The van der Waals surface area contributed by atoms with Gasteiger partial charge in [-0.05, 0) is 30.2 Å². The molecule has 1 N–H and O–H groups in total. The maximum atomic E-state index is 12.5. The number of carbonyl (C=O) groups is 1. The fourth-order valence-electron chi connectivity index (χ4n) is 3.74. The molecule has 1 aliphatic heterocycles. The summed E-state index contributed by atoms with van der Waals surface area (Å²) < 4.78 is 0. The predicted octanol–water partition coefficient (Wildman–Crippen LogP) is 3.95. The van der Waals surface area contributed by atoms with Gasteiger partial charge in [0.2, 0.25) is 5.91 Å². The smallest absolute Gasteiger partial charge is 0.223 e. The average molecular weight is 333 g/mol. The van der Waals surface area contributed by atoms with E-state index in [0.29, 0.717) is 6.42 Å². The Balaban J connectivity index is 1.83. The molecule has 1 amide bonds. The van der Waals surface area contributed by atoms with Crippen LogP contribution in [0.15, 0.2) is 54.7 Å². The quantitative estimate of drug-likeness (QED) is 0.785. The Bertz CT molecular complexity index is 895. The lowest BCUT2D eigenvalue weighted by molar-refractivity contribution is -0.129. The predicted molar refractivity (Wildman–Crippen MR) is 102 cm³/mol. The van der Waals surface area contributed by atoms with Gasteiger partial charge in [-0.2, -0.15) is 0 Å². The first kappa shape index (κ1) is 15.8. The van der Waals surface area contributed by atoms with Crippen molar-refractivity contribution in [2.45, 2.75) is 18.9 Å². The molecule has 4 rings (SSSR count). The van der Waals surface area contributed by atoms with Crippen LogP contribution >= 0.6 is 0 Å². The van der Waals surface area contributed by atoms with Gasteiger partial charge in [-0.25, -0.2) is 0 Å². The van der Waals surface area contributed by atoms with Crippen LogP contribution in [-0.2, 0) is 4.79 Å². The molecule has 1 fully saturated rings. The number of nitrogens with zero attached hydrogens (tertiary/aromatic N) is 2. The number of hydrogen-bond acceptors (Lipinski definition) is 2. The third-order valence-electron chi connectivity index (χ3n) is 5.06. The lowest BCUT2D eigenvalue weighted by Gasteiger charge is -2.28. The SMILES string of the molecule is CN(C)c1ccc(C(c2c[nH]c3ccccc23)N2CCCC2=O)cc1. The number of carbonyl (C=O) groups excluding carboxylic acids is 1. The summed E-state index contributed by atoms with van der Waals surface area (Å²) in [5.41, 5.74) is 4.60. The van der Waals surface area contributed by atoms with E-state index in [1.54, 1.807) is 0 Å². The molecule has 2 aromatic carbocycles. The minimum atomic E-state index is -0.0395. The van der Waals surface area contributed by atoms with Crippen molar-refractivity contribution >= 4 is 22.5 Å². The lowest BCUT2D eigenvalue weighted by Crippen LogP contribution is -2.30. The number of aromatic nitrogens is 1. The molecule has 0 saturated carbocycles. The van der Waals surface area contributed by atoms with Gasteiger partial charge in [0.15, 0.2) is 0 Å². The van der Waals surface area contributed by atoms with Crippen LogP contribution in [0.2, 0.25) is 0 Å². The molecule has 1 aliphatic rings. The molecule has 4 nitrogen and oxygen atoms in total. The molecular weight excluding hydrogens is 310 g/mol. The summed E-state index contributed by atoms with van der Waals surface area (Å²) in [6, 6.07) is 16.8. The molecule has 128 valence electrons. The maximum Gasteiger partial charge on any atom is 0.223 e. The third kappa shape index (κ3) is 2.78. The highest BCUT2D eigenvalue weighted by Gasteiger charge is 2.31. The van der Waals surface area contributed by atoms with E-state index in [0.717, 1.165) is 29.7 Å². The normalized spacial score (nSPS) is 15.8. The van der Waals surface area contributed by atoms with Gasteiger partial charge in [0.25, 0.3) is 0 Å². The third-order valence-corrected chi connectivity index (χ3v) is 5.06. The molecule has 0 aliphatic carbocycles. The number of rotatable bonds is 4. The first-order valence-electron chi connectivity index (χ1n) is 8.78. The Kier molecular flexibility index (Phi) is 3.96. The molecule has 25 heavy (non-hydrogen) atoms. The maximum absolute atomic E-state index is 12.5. The van der Waals surface area contributed by atoms with Crippen LogP contribution in [0.5, 0.6) is 0 Å². The molecule has 1 unspecified atom stereocenters. The highest BCUT2D eigenvalue weighted by molar-refractivity contribution is 5.86. The number of hydrogen-bond donors (Lipinski definition) is 1. The second-order valence-corrected chi connectivity index (χ2v) is 6.87. The van der Waals surface area contributed by atoms with E-state index < -0.39 is 0 Å². The Morgan fingerprint density at radius 2 is 1.84 bits per heavy atom. The van der Waals surface area contributed by atoms with E-state index in [1.165, 1.54) is 10.9 Å². The number of likely N-dealkylation sites (tertiary alicyclic amines) is 1. The monoisotopic (exact) mass is 333 g/mol. The number of benzene rings is 2. The number of para-hydroxylation sites is 1. The van der Waals surface area contributed by atoms with Crippen molar-refractivity contribution in [3.05, 3.63) is 65.9 Å². The number of anilines is 1. The van der Waals surface area contributed by atoms with Gasteiger partial charge < -0.3 is 14.8 Å². The first-order valence-corrected chi connectivity index (χ1v) is 8.78. The van der Waals surface area contributed by atoms with Crippen molar-refractivity contribution in [2.24, 2.45) is 0 Å². The highest BCUT2D eigenvalue weighted by Crippen LogP contribution is 2.36. The largest absolute Gasteiger partial charge is 0.378 e. The van der Waals surface area contributed by atoms with E-state index in [9.17, 15) is 4.79 Å². The van der Waals surface area contributed by atoms with Crippen LogP contribution in [0, 0.1) is 0 Å². The highest BCUT2D eigenvalue weighted by atomic mass is 16.2. The molecule has 0 radical (unpaired) electrons. The summed E-state index contributed by atoms with van der Waals surface area (Å²) in [5, 5.41) is 1.18. The fourth-order valence-corrected chi connectivity index (χ4v) is 3.74. The van der Waals surface area contributed by atoms with Crippen LogP contribution in [0.25, 0.3) is 10.9 Å². The van der Waals surface area contributed by atoms with Gasteiger partial charge in [0, 0.05) is 55.4 Å². The summed E-state index contributed by atoms with van der Waals surface area (Å²) in [4.78, 5) is 20.0. The van der Waals surface area contributed by atoms with E-state index in [1.807, 2.05) is 25.1 Å². The van der Waals surface area contributed by atoms with E-state index in [4.69, 9.17) is 0 Å². The van der Waals surface area contributed by atoms with E-state index in [2.05, 4.69) is 58.5 Å². The average Bonchev–Trinajstić information content (AvgIpc) is 3.23. The Hall–Kier alpha value is -2.75. The minimum Gasteiger partial charge on any atom is -0.378 e. The van der Waals surface area contributed by atoms with E-state index >= 15 is 0 Å². The van der Waals surface area contributed by atoms with Crippen molar-refractivity contribution in [1.29, 1.82) is 0 Å². The van der Waals surface area contributed by atoms with Gasteiger partial charge in [-0.15, -0.1) is 0 Å². The molecule has 1 saturated heterocycles. The summed E-state index contributed by atoms with van der Waals surface area (Å²) in [5.74, 6) is 0.243. The van der Waals surface area contributed by atoms with Crippen LogP contribution in [0.4, 0.5) is 5.69 Å². The van der Waals surface area contributed by atoms with Crippen LogP contribution < -0.4 is 4.90 Å². The van der Waals surface area contributed by atoms with Crippen LogP contribution in [-0.4, -0.2) is 36.4 Å². The minimum absolute atomic E-state index is 0.0395. The number of fused-ring (bicyclic) bond motifs is 1. The van der Waals surface area contributed by atoms with Crippen molar-refractivity contribution in [3.8, 4) is 0 Å². The van der Waals surface area contributed by atoms with Crippen LogP contribution in [0.3, 0.4) is 0 Å². The van der Waals surface area contributed by atoms with Crippen molar-refractivity contribution in [3.63, 3.8) is 0 Å². The van der Waals surface area contributed by atoms with Crippen molar-refractivity contribution < 1.29 is 4.79 Å². The summed E-state index contributed by atoms with van der Waals surface area (Å²) in [7, 11) is 4.08. The molecule has 1 aromatic heterocycles. The number of amides is 1. The van der Waals surface area contributed by atoms with E-state index in [-0.39, 0.29) is 11.9 Å². The standard InChI is InChI=1S/C21H23N3O/c1-23(2)16-11-9-15(10-12-16)21(24-13-5-8-20(24)25)18-14-22-19-7-4-3-6-17(18)19/h3-4,6-7,9-12,14,21-22H,5,8,13H2,1-2H3. The number of aromatic amines is 1. The zero-order valence-corrected chi connectivity index (χ0v) is 14.7. The summed E-state index contributed by atoms with van der Waals surface area (Å²) in [6.45, 7) is 0.818. The summed E-state index contributed by atoms with van der Waals surface area (Å²) >= 11 is 0. The van der Waals surface area contributed by atoms with Crippen molar-refractivity contribution in [2.75, 3.05) is 25.5 Å². The first-order chi connectivity index (χ1) is 12.1. The number of nitrogens with one attached hydrogen (secondary N) is 1. The van der Waals surface area contributed by atoms with Gasteiger partial charge >= 0.3 is 0 Å².